The van der Waals surface area contributed by atoms with E-state index in [1.54, 1.807) is 24.3 Å². The maximum atomic E-state index is 11.2. The summed E-state index contributed by atoms with van der Waals surface area (Å²) >= 11 is 6.24. The quantitative estimate of drug-likeness (QED) is 0.790. The smallest absolute Gasteiger partial charge is 0.335 e. The van der Waals surface area contributed by atoms with Crippen LogP contribution in [-0.2, 0) is 0 Å². The van der Waals surface area contributed by atoms with Crippen molar-refractivity contribution < 1.29 is 14.6 Å². The van der Waals surface area contributed by atoms with Gasteiger partial charge in [-0.05, 0) is 55.2 Å². The van der Waals surface area contributed by atoms with E-state index in [-0.39, 0.29) is 17.5 Å². The number of benzene rings is 2. The van der Waals surface area contributed by atoms with Crippen LogP contribution in [0.25, 0.3) is 0 Å². The van der Waals surface area contributed by atoms with E-state index in [1.807, 2.05) is 17.1 Å². The number of nitrogen functional groups attached to an aromatic ring is 1. The van der Waals surface area contributed by atoms with Crippen LogP contribution in [0.3, 0.4) is 0 Å². The number of carboxylic acid groups (broad SMARTS) is 1. The summed E-state index contributed by atoms with van der Waals surface area (Å²) in [5.74, 6) is 0.329. The largest absolute Gasteiger partial charge is 0.492 e. The van der Waals surface area contributed by atoms with E-state index in [0.29, 0.717) is 29.0 Å². The fourth-order valence-electron chi connectivity index (χ4n) is 4.04. The number of anilines is 2. The maximum Gasteiger partial charge on any atom is 0.335 e. The van der Waals surface area contributed by atoms with Gasteiger partial charge in [-0.25, -0.2) is 4.79 Å². The van der Waals surface area contributed by atoms with E-state index in [2.05, 4.69) is 0 Å². The highest BCUT2D eigenvalue weighted by atomic mass is 35.5. The second kappa shape index (κ2) is 5.89. The van der Waals surface area contributed by atoms with Gasteiger partial charge in [-0.2, -0.15) is 5.10 Å². The van der Waals surface area contributed by atoms with E-state index in [1.165, 1.54) is 12.8 Å². The van der Waals surface area contributed by atoms with Crippen LogP contribution in [0.5, 0.6) is 5.75 Å². The summed E-state index contributed by atoms with van der Waals surface area (Å²) in [7, 11) is 0. The first-order valence-corrected chi connectivity index (χ1v) is 9.34. The zero-order valence-corrected chi connectivity index (χ0v) is 15.2. The van der Waals surface area contributed by atoms with Crippen LogP contribution in [-0.4, -0.2) is 29.4 Å². The number of nitrogens with zero attached hydrogens (tertiary/aromatic N) is 2. The van der Waals surface area contributed by atoms with Gasteiger partial charge in [0.25, 0.3) is 0 Å². The molecule has 1 saturated carbocycles. The molecule has 1 aliphatic carbocycles. The second-order valence-electron chi connectivity index (χ2n) is 7.30. The molecule has 0 saturated heterocycles. The lowest BCUT2D eigenvalue weighted by molar-refractivity contribution is 0.0696. The summed E-state index contributed by atoms with van der Waals surface area (Å²) in [5.41, 5.74) is 9.35. The number of nitrogens with two attached hydrogens (primary N) is 1. The van der Waals surface area contributed by atoms with Crippen LogP contribution in [0.2, 0.25) is 5.02 Å². The molecule has 2 unspecified atom stereocenters. The van der Waals surface area contributed by atoms with Crippen molar-refractivity contribution in [3.05, 3.63) is 52.5 Å². The Hall–Kier alpha value is -2.73. The van der Waals surface area contributed by atoms with Gasteiger partial charge in [0.05, 0.1) is 46.2 Å². The Labute approximate surface area is 161 Å². The summed E-state index contributed by atoms with van der Waals surface area (Å²) in [6.45, 7) is 0.495. The molecule has 2 heterocycles. The molecule has 2 aromatic carbocycles. The number of carboxylic acids is 1. The number of halogens is 1. The third-order valence-corrected chi connectivity index (χ3v) is 5.87. The van der Waals surface area contributed by atoms with Crippen LogP contribution >= 0.6 is 11.6 Å². The molecule has 5 rings (SSSR count). The lowest BCUT2D eigenvalue weighted by atomic mass is 9.86. The molecule has 0 bridgehead atoms. The Bertz CT molecular complexity index is 986. The average Bonchev–Trinajstić information content (AvgIpc) is 3.42. The SMILES string of the molecule is Nc1ccc(N2N=C3c4ccc(C(=O)O)cc4OCC3C2C2CC2)cc1Cl. The van der Waals surface area contributed by atoms with E-state index < -0.39 is 5.97 Å². The standard InChI is InChI=1S/C20H18ClN3O3/c21-15-8-12(4-6-16(15)22)24-19(10-1-2-10)14-9-27-17-7-11(20(25)26)3-5-13(17)18(14)23-24/h3-8,10,14,19H,1-2,9,22H2,(H,25,26). The molecule has 0 aromatic heterocycles. The van der Waals surface area contributed by atoms with Crippen LogP contribution in [0.4, 0.5) is 11.4 Å². The van der Waals surface area contributed by atoms with Gasteiger partial charge in [0, 0.05) is 5.56 Å². The fraction of sp³-hybridized carbons (Fsp3) is 0.300. The zero-order chi connectivity index (χ0) is 18.7. The molecule has 138 valence electrons. The number of ether oxygens (including phenoxy) is 1. The Morgan fingerprint density at radius 3 is 2.78 bits per heavy atom. The first-order chi connectivity index (χ1) is 13.0. The lowest BCUT2D eigenvalue weighted by Crippen LogP contribution is -2.40. The third kappa shape index (κ3) is 2.63. The fourth-order valence-corrected chi connectivity index (χ4v) is 4.22. The summed E-state index contributed by atoms with van der Waals surface area (Å²) < 4.78 is 5.95. The van der Waals surface area contributed by atoms with Crippen molar-refractivity contribution >= 4 is 34.7 Å². The number of hydrazone groups is 1. The normalized spacial score (nSPS) is 23.3. The van der Waals surface area contributed by atoms with Crippen LogP contribution < -0.4 is 15.5 Å². The molecule has 1 fully saturated rings. The van der Waals surface area contributed by atoms with Crippen molar-refractivity contribution in [2.24, 2.45) is 16.9 Å². The average molecular weight is 384 g/mol. The van der Waals surface area contributed by atoms with Crippen LogP contribution in [0, 0.1) is 11.8 Å². The molecule has 6 nitrogen and oxygen atoms in total. The molecule has 2 atom stereocenters. The number of fused-ring (bicyclic) bond motifs is 3. The number of rotatable bonds is 3. The van der Waals surface area contributed by atoms with E-state index in [0.717, 1.165) is 17.0 Å². The molecule has 2 aromatic rings. The number of hydrogen-bond donors (Lipinski definition) is 2. The summed E-state index contributed by atoms with van der Waals surface area (Å²) in [6.07, 6.45) is 2.35. The van der Waals surface area contributed by atoms with Crippen LogP contribution in [0.1, 0.15) is 28.8 Å². The van der Waals surface area contributed by atoms with Crippen molar-refractivity contribution in [2.75, 3.05) is 17.3 Å². The molecule has 0 spiro atoms. The van der Waals surface area contributed by atoms with E-state index in [4.69, 9.17) is 27.2 Å². The van der Waals surface area contributed by atoms with Crippen molar-refractivity contribution in [3.8, 4) is 5.75 Å². The summed E-state index contributed by atoms with van der Waals surface area (Å²) in [4.78, 5) is 11.2. The topological polar surface area (TPSA) is 88.2 Å². The molecule has 7 heteroatoms. The molecular weight excluding hydrogens is 366 g/mol. The zero-order valence-electron chi connectivity index (χ0n) is 14.4. The molecular formula is C20H18ClN3O3. The van der Waals surface area contributed by atoms with Gasteiger partial charge < -0.3 is 15.6 Å². The minimum atomic E-state index is -0.967. The predicted octanol–water partition coefficient (Wildman–Crippen LogP) is 3.63. The van der Waals surface area contributed by atoms with Crippen LogP contribution in [0.15, 0.2) is 41.5 Å². The highest BCUT2D eigenvalue weighted by Gasteiger charge is 2.49. The number of hydrogen-bond acceptors (Lipinski definition) is 5. The minimum Gasteiger partial charge on any atom is -0.492 e. The van der Waals surface area contributed by atoms with E-state index >= 15 is 0 Å². The van der Waals surface area contributed by atoms with Gasteiger partial charge in [-0.15, -0.1) is 0 Å². The first-order valence-electron chi connectivity index (χ1n) is 8.96. The van der Waals surface area contributed by atoms with Gasteiger partial charge in [0.15, 0.2) is 0 Å². The molecule has 0 amide bonds. The van der Waals surface area contributed by atoms with Crippen molar-refractivity contribution in [3.63, 3.8) is 0 Å². The van der Waals surface area contributed by atoms with Gasteiger partial charge in [-0.1, -0.05) is 11.6 Å². The Kier molecular flexibility index (Phi) is 3.59. The Morgan fingerprint density at radius 1 is 1.26 bits per heavy atom. The lowest BCUT2D eigenvalue weighted by Gasteiger charge is -2.30. The highest BCUT2D eigenvalue weighted by molar-refractivity contribution is 6.33. The van der Waals surface area contributed by atoms with E-state index in [9.17, 15) is 9.90 Å². The third-order valence-electron chi connectivity index (χ3n) is 5.54. The summed E-state index contributed by atoms with van der Waals surface area (Å²) in [5, 5.41) is 16.7. The van der Waals surface area contributed by atoms with Crippen molar-refractivity contribution in [1.82, 2.24) is 0 Å². The predicted molar refractivity (Wildman–Crippen MR) is 104 cm³/mol. The Morgan fingerprint density at radius 2 is 2.07 bits per heavy atom. The molecule has 27 heavy (non-hydrogen) atoms. The molecule has 2 aliphatic heterocycles. The van der Waals surface area contributed by atoms with Gasteiger partial charge in [0.1, 0.15) is 5.75 Å². The Balaban J connectivity index is 1.59. The van der Waals surface area contributed by atoms with Gasteiger partial charge in [0.2, 0.25) is 0 Å². The molecule has 3 N–H and O–H groups in total. The second-order valence-corrected chi connectivity index (χ2v) is 7.70. The monoisotopic (exact) mass is 383 g/mol. The minimum absolute atomic E-state index is 0.150. The molecule has 3 aliphatic rings. The molecule has 0 radical (unpaired) electrons. The van der Waals surface area contributed by atoms with Crippen molar-refractivity contribution in [1.29, 1.82) is 0 Å². The van der Waals surface area contributed by atoms with Crippen molar-refractivity contribution in [2.45, 2.75) is 18.9 Å². The van der Waals surface area contributed by atoms with Gasteiger partial charge >= 0.3 is 5.97 Å². The number of carbonyl (C=O) groups is 1. The highest BCUT2D eigenvalue weighted by Crippen LogP contribution is 2.47. The summed E-state index contributed by atoms with van der Waals surface area (Å²) in [6, 6.07) is 10.8. The maximum absolute atomic E-state index is 11.2. The number of aromatic carboxylic acids is 1. The first kappa shape index (κ1) is 16.4. The van der Waals surface area contributed by atoms with Gasteiger partial charge in [-0.3, -0.25) is 5.01 Å².